The summed E-state index contributed by atoms with van der Waals surface area (Å²) >= 11 is 0. The average Bonchev–Trinajstić information content (AvgIpc) is 2.54. The van der Waals surface area contributed by atoms with Gasteiger partial charge in [0.25, 0.3) is 11.6 Å². The molecule has 8 nitrogen and oxygen atoms in total. The second-order valence-corrected chi connectivity index (χ2v) is 5.94. The maximum absolute atomic E-state index is 12.1. The first-order valence-electron chi connectivity index (χ1n) is 6.34. The molecule has 0 spiro atoms. The molecule has 9 heteroatoms. The van der Waals surface area contributed by atoms with Gasteiger partial charge in [-0.3, -0.25) is 14.9 Å². The summed E-state index contributed by atoms with van der Waals surface area (Å²) < 4.78 is 29.2. The highest BCUT2D eigenvalue weighted by atomic mass is 32.2. The first-order valence-corrected chi connectivity index (χ1v) is 7.75. The molecule has 0 atom stereocenters. The molecule has 0 unspecified atom stereocenters. The van der Waals surface area contributed by atoms with Gasteiger partial charge < -0.3 is 9.50 Å². The summed E-state index contributed by atoms with van der Waals surface area (Å²) in [4.78, 5) is 21.3. The summed E-state index contributed by atoms with van der Waals surface area (Å²) in [6, 6.07) is 9.95. The van der Waals surface area contributed by atoms with Gasteiger partial charge >= 0.3 is 10.1 Å². The van der Waals surface area contributed by atoms with Gasteiger partial charge in [-0.05, 0) is 30.3 Å². The van der Waals surface area contributed by atoms with Crippen LogP contribution in [0.5, 0.6) is 5.75 Å². The molecule has 0 aliphatic heterocycles. The summed E-state index contributed by atoms with van der Waals surface area (Å²) in [6.45, 7) is 0. The number of nitrogens with one attached hydrogen (secondary N) is 1. The zero-order valence-corrected chi connectivity index (χ0v) is 12.7. The lowest BCUT2D eigenvalue weighted by Gasteiger charge is -2.07. The quantitative estimate of drug-likeness (QED) is 0.505. The number of hydrogen-bond donors (Lipinski definition) is 1. The van der Waals surface area contributed by atoms with Gasteiger partial charge in [-0.1, -0.05) is 6.07 Å². The molecule has 0 heterocycles. The Bertz CT molecular complexity index is 846. The van der Waals surface area contributed by atoms with Gasteiger partial charge in [-0.25, -0.2) is 0 Å². The Morgan fingerprint density at radius 3 is 2.39 bits per heavy atom. The fourth-order valence-electron chi connectivity index (χ4n) is 1.74. The number of nitro groups is 1. The molecule has 0 radical (unpaired) electrons. The number of carbonyl (C=O) groups excluding carboxylic acids is 1. The molecule has 120 valence electrons. The van der Waals surface area contributed by atoms with Crippen molar-refractivity contribution in [3.63, 3.8) is 0 Å². The number of benzene rings is 2. The van der Waals surface area contributed by atoms with E-state index in [0.717, 1.165) is 6.07 Å². The van der Waals surface area contributed by atoms with Gasteiger partial charge in [0.15, 0.2) is 0 Å². The van der Waals surface area contributed by atoms with Crippen LogP contribution in [0.3, 0.4) is 0 Å². The third kappa shape index (κ3) is 3.83. The highest BCUT2D eigenvalue weighted by molar-refractivity contribution is 7.87. The van der Waals surface area contributed by atoms with Crippen molar-refractivity contribution in [2.24, 2.45) is 0 Å². The number of hydrogen-bond acceptors (Lipinski definition) is 6. The largest absolute Gasteiger partial charge is 0.379 e. The molecule has 0 saturated heterocycles. The van der Waals surface area contributed by atoms with Gasteiger partial charge in [0.05, 0.1) is 11.0 Å². The van der Waals surface area contributed by atoms with Crippen LogP contribution in [0.1, 0.15) is 10.4 Å². The van der Waals surface area contributed by atoms with Crippen LogP contribution in [0.15, 0.2) is 53.4 Å². The molecule has 0 aliphatic carbocycles. The smallest absolute Gasteiger partial charge is 0.339 e. The van der Waals surface area contributed by atoms with E-state index in [9.17, 15) is 23.3 Å². The second kappa shape index (κ2) is 6.44. The minimum atomic E-state index is -4.16. The first-order chi connectivity index (χ1) is 10.8. The summed E-state index contributed by atoms with van der Waals surface area (Å²) in [7, 11) is -2.70. The predicted octanol–water partition coefficient (Wildman–Crippen LogP) is 1.72. The van der Waals surface area contributed by atoms with E-state index in [4.69, 9.17) is 4.18 Å². The molecule has 0 aliphatic rings. The molecule has 2 aromatic rings. The van der Waals surface area contributed by atoms with Crippen LogP contribution < -0.4 is 9.50 Å². The number of carbonyl (C=O) groups is 1. The van der Waals surface area contributed by atoms with Crippen molar-refractivity contribution in [2.45, 2.75) is 4.90 Å². The summed E-state index contributed by atoms with van der Waals surface area (Å²) in [5.74, 6) is -0.525. The van der Waals surface area contributed by atoms with Crippen LogP contribution in [0.25, 0.3) is 0 Å². The van der Waals surface area contributed by atoms with Crippen LogP contribution in [-0.4, -0.2) is 26.3 Å². The fraction of sp³-hybridized carbons (Fsp3) is 0.0714. The minimum Gasteiger partial charge on any atom is -0.379 e. The van der Waals surface area contributed by atoms with Crippen molar-refractivity contribution < 1.29 is 22.3 Å². The summed E-state index contributed by atoms with van der Waals surface area (Å²) in [5.41, 5.74) is 0.00876. The summed E-state index contributed by atoms with van der Waals surface area (Å²) in [6.07, 6.45) is 0. The Morgan fingerprint density at radius 2 is 1.83 bits per heavy atom. The molecule has 0 aromatic heterocycles. The zero-order chi connectivity index (χ0) is 17.0. The number of amides is 1. The molecule has 0 fully saturated rings. The molecule has 1 amide bonds. The molecule has 0 bridgehead atoms. The number of nitrogens with zero attached hydrogens (tertiary/aromatic N) is 1. The van der Waals surface area contributed by atoms with Crippen molar-refractivity contribution in [2.75, 3.05) is 7.05 Å². The van der Waals surface area contributed by atoms with Crippen molar-refractivity contribution in [3.8, 4) is 5.75 Å². The topological polar surface area (TPSA) is 116 Å². The van der Waals surface area contributed by atoms with Gasteiger partial charge in [0.1, 0.15) is 10.6 Å². The van der Waals surface area contributed by atoms with Crippen LogP contribution in [0.2, 0.25) is 0 Å². The normalized spacial score (nSPS) is 10.8. The van der Waals surface area contributed by atoms with E-state index in [2.05, 4.69) is 5.32 Å². The SMILES string of the molecule is CNC(=O)c1ccc(S(=O)(=O)Oc2cccc([N+](=O)[O-])c2)cc1. The lowest BCUT2D eigenvalue weighted by molar-refractivity contribution is -0.384. The van der Waals surface area contributed by atoms with E-state index in [-0.39, 0.29) is 22.2 Å². The average molecular weight is 336 g/mol. The van der Waals surface area contributed by atoms with Crippen molar-refractivity contribution >= 4 is 21.7 Å². The molecule has 0 saturated carbocycles. The standard InChI is InChI=1S/C14H12N2O6S/c1-15-14(17)10-5-7-13(8-6-10)23(20,21)22-12-4-2-3-11(9-12)16(18)19/h2-9H,1H3,(H,15,17). The van der Waals surface area contributed by atoms with Gasteiger partial charge in [0.2, 0.25) is 0 Å². The maximum atomic E-state index is 12.1. The highest BCUT2D eigenvalue weighted by Gasteiger charge is 2.18. The van der Waals surface area contributed by atoms with Crippen LogP contribution in [0.4, 0.5) is 5.69 Å². The molecular weight excluding hydrogens is 324 g/mol. The van der Waals surface area contributed by atoms with Crippen LogP contribution in [-0.2, 0) is 10.1 Å². The van der Waals surface area contributed by atoms with E-state index >= 15 is 0 Å². The predicted molar refractivity (Wildman–Crippen MR) is 80.7 cm³/mol. The van der Waals surface area contributed by atoms with Crippen molar-refractivity contribution in [1.29, 1.82) is 0 Å². The Kier molecular flexibility index (Phi) is 4.60. The van der Waals surface area contributed by atoms with Crippen LogP contribution in [0, 0.1) is 10.1 Å². The zero-order valence-electron chi connectivity index (χ0n) is 11.9. The third-order valence-electron chi connectivity index (χ3n) is 2.87. The van der Waals surface area contributed by atoms with E-state index in [0.29, 0.717) is 5.56 Å². The fourth-order valence-corrected chi connectivity index (χ4v) is 2.66. The summed E-state index contributed by atoms with van der Waals surface area (Å²) in [5, 5.41) is 13.1. The van der Waals surface area contributed by atoms with Crippen molar-refractivity contribution in [3.05, 3.63) is 64.2 Å². The Labute approximate surface area is 132 Å². The Balaban J connectivity index is 2.27. The number of rotatable bonds is 5. The molecule has 2 aromatic carbocycles. The Morgan fingerprint density at radius 1 is 1.17 bits per heavy atom. The van der Waals surface area contributed by atoms with Gasteiger partial charge in [-0.2, -0.15) is 8.42 Å². The van der Waals surface area contributed by atoms with E-state index < -0.39 is 15.0 Å². The third-order valence-corrected chi connectivity index (χ3v) is 4.13. The highest BCUT2D eigenvalue weighted by Crippen LogP contribution is 2.23. The molecule has 1 N–H and O–H groups in total. The van der Waals surface area contributed by atoms with Gasteiger partial charge in [0, 0.05) is 18.7 Å². The second-order valence-electron chi connectivity index (χ2n) is 4.40. The molecular formula is C14H12N2O6S. The monoisotopic (exact) mass is 336 g/mol. The molecule has 2 rings (SSSR count). The van der Waals surface area contributed by atoms with E-state index in [1.54, 1.807) is 0 Å². The van der Waals surface area contributed by atoms with Crippen molar-refractivity contribution in [1.82, 2.24) is 5.32 Å². The van der Waals surface area contributed by atoms with Crippen LogP contribution >= 0.6 is 0 Å². The lowest BCUT2D eigenvalue weighted by Crippen LogP contribution is -2.18. The number of non-ortho nitro benzene ring substituents is 1. The minimum absolute atomic E-state index is 0.170. The number of nitro benzene ring substituents is 1. The first kappa shape index (κ1) is 16.4. The van der Waals surface area contributed by atoms with E-state index in [1.165, 1.54) is 49.5 Å². The molecule has 23 heavy (non-hydrogen) atoms. The maximum Gasteiger partial charge on any atom is 0.339 e. The van der Waals surface area contributed by atoms with E-state index in [1.807, 2.05) is 0 Å². The lowest BCUT2D eigenvalue weighted by atomic mass is 10.2. The van der Waals surface area contributed by atoms with Gasteiger partial charge in [-0.15, -0.1) is 0 Å². The Hall–Kier alpha value is -2.94.